The molecule has 15 N–H and O–H groups in total. The maximum atomic E-state index is 12.2. The fourth-order valence-electron chi connectivity index (χ4n) is 15.5. The Kier molecular flexibility index (Phi) is 38.3. The summed E-state index contributed by atoms with van der Waals surface area (Å²) in [6.45, 7) is 31.3. The van der Waals surface area contributed by atoms with Crippen molar-refractivity contribution in [2.75, 3.05) is 97.5 Å². The minimum absolute atomic E-state index is 0.236. The van der Waals surface area contributed by atoms with E-state index in [2.05, 4.69) is 144 Å². The Labute approximate surface area is 709 Å². The minimum atomic E-state index is -1.39. The molecule has 0 bridgehead atoms. The zero-order valence-corrected chi connectivity index (χ0v) is 76.8. The Morgan fingerprint density at radius 1 is 0.400 bits per heavy atom. The molecule has 5 fully saturated rings. The van der Waals surface area contributed by atoms with Gasteiger partial charge in [0.2, 0.25) is 29.5 Å². The molecule has 25 atom stereocenters. The lowest BCUT2D eigenvalue weighted by Crippen LogP contribution is -2.49. The number of carbonyl (C=O) groups is 9. The van der Waals surface area contributed by atoms with Crippen LogP contribution in [0.15, 0.2) is 96.3 Å². The highest BCUT2D eigenvalue weighted by molar-refractivity contribution is 7.73. The first kappa shape index (κ1) is 104. The highest BCUT2D eigenvalue weighted by Crippen LogP contribution is 2.46. The molecule has 9 amide bonds. The van der Waals surface area contributed by atoms with Gasteiger partial charge in [0.15, 0.2) is 0 Å². The number of nitrogens with one attached hydrogen (secondary N) is 5. The third-order valence-electron chi connectivity index (χ3n) is 22.6. The Hall–Kier alpha value is -5.15. The standard InChI is InChI=1S/C18H30NO5P.C18H28NO5P.C17H28NO5P.C17H26NO5P.C16H26NO4P/c2*1-5-6-7-11-10-12(18(23)19-17(11)22)16-15(21)14(20)13(24-16)8-9-25(2,3)4;2*1-5-6-10-9-11(17(22)18-16(10)21)15-14(20)13(19)12(23-15)7-8-24(2,3)4;1-10-11(6-7-13(18)17-10)15-16(2,20)14(19)12(21-15)8-9-22(3,4)5/h10,12-16,20-21H,2,5-9H2,1,3-4H3,(H,19,22,23);5,10,12-16,20-21H,1-2,6-9H2,3-4H3,(H,19,22,23);9,11-15,19-20H,2,5-8H2,1,3-4H3,(H,18,21,22);5,9,11-15,19-20H,1-2,6-8H2,3-4H3,(H,18,21,22);6-7,11-12,14-15,19-20H,1,3,8-9H2,2,4-5H3,(H,17,18)/t2*12?,13-,14-,15-,16+;2*11?,12-,13-,14-,15+;11?,12-,14-,15+,16-/m11111/s1. The van der Waals surface area contributed by atoms with Crippen LogP contribution in [0.5, 0.6) is 0 Å². The van der Waals surface area contributed by atoms with Gasteiger partial charge in [-0.15, -0.1) is 79.1 Å². The number of imide groups is 4. The van der Waals surface area contributed by atoms with Crippen molar-refractivity contribution in [2.24, 2.45) is 29.6 Å². The van der Waals surface area contributed by atoms with Crippen LogP contribution in [0.1, 0.15) is 104 Å². The summed E-state index contributed by atoms with van der Waals surface area (Å²) in [6.07, 6.45) is 29.3. The topological polar surface area (TPSA) is 462 Å². The zero-order chi connectivity index (χ0) is 90.4. The highest BCUT2D eigenvalue weighted by Gasteiger charge is 2.57. The van der Waals surface area contributed by atoms with Gasteiger partial charge in [-0.05, 0) is 175 Å². The summed E-state index contributed by atoms with van der Waals surface area (Å²) in [4.78, 5) is 108. The maximum absolute atomic E-state index is 12.2. The van der Waals surface area contributed by atoms with Crippen molar-refractivity contribution in [3.8, 4) is 0 Å². The van der Waals surface area contributed by atoms with Gasteiger partial charge in [-0.3, -0.25) is 64.4 Å². The summed E-state index contributed by atoms with van der Waals surface area (Å²) >= 11 is 0. The number of aliphatic hydroxyl groups excluding tert-OH is 9. The molecule has 676 valence electrons. The molecule has 0 saturated carbocycles. The van der Waals surface area contributed by atoms with Gasteiger partial charge in [0, 0.05) is 40.0 Å². The van der Waals surface area contributed by atoms with Gasteiger partial charge in [0.25, 0.3) is 23.6 Å². The van der Waals surface area contributed by atoms with Crippen molar-refractivity contribution in [2.45, 2.75) is 226 Å². The first-order valence-electron chi connectivity index (χ1n) is 41.2. The predicted octanol–water partition coefficient (Wildman–Crippen LogP) is 3.41. The number of allylic oxidation sites excluding steroid dienone is 2. The Morgan fingerprint density at radius 2 is 0.700 bits per heavy atom. The van der Waals surface area contributed by atoms with E-state index >= 15 is 0 Å². The fourth-order valence-corrected chi connectivity index (χ4v) is 20.2. The summed E-state index contributed by atoms with van der Waals surface area (Å²) in [7, 11) is 0. The van der Waals surface area contributed by atoms with E-state index in [9.17, 15) is 94.2 Å². The van der Waals surface area contributed by atoms with E-state index in [4.69, 9.17) is 23.7 Å². The molecular formula is C86H138N5O24P5. The van der Waals surface area contributed by atoms with Crippen molar-refractivity contribution in [1.29, 1.82) is 0 Å². The maximum Gasteiger partial charge on any atom is 0.253 e. The van der Waals surface area contributed by atoms with Crippen LogP contribution in [0.3, 0.4) is 0 Å². The van der Waals surface area contributed by atoms with E-state index in [1.165, 1.54) is 12.2 Å². The number of unbranched alkanes of at least 4 members (excludes halogenated alkanes) is 1. The molecule has 29 nitrogen and oxygen atoms in total. The predicted molar refractivity (Wildman–Crippen MR) is 482 cm³/mol. The van der Waals surface area contributed by atoms with Crippen molar-refractivity contribution in [3.63, 3.8) is 0 Å². The second kappa shape index (κ2) is 44.3. The molecular weight excluding hydrogens is 1640 g/mol. The third-order valence-corrected chi connectivity index (χ3v) is 29.9. The largest absolute Gasteiger partial charge is 0.388 e. The summed E-state index contributed by atoms with van der Waals surface area (Å²) in [5, 5.41) is 115. The summed E-state index contributed by atoms with van der Waals surface area (Å²) in [5.74, 6) is -7.34. The second-order valence-electron chi connectivity index (χ2n) is 36.7. The quantitative estimate of drug-likeness (QED) is 0.0278. The molecule has 0 radical (unpaired) electrons. The second-order valence-corrected chi connectivity index (χ2v) is 58.3. The van der Waals surface area contributed by atoms with Crippen LogP contribution in [0.4, 0.5) is 0 Å². The lowest BCUT2D eigenvalue weighted by molar-refractivity contribution is -0.137. The Morgan fingerprint density at radius 3 is 0.992 bits per heavy atom. The number of rotatable bonds is 30. The van der Waals surface area contributed by atoms with Crippen molar-refractivity contribution in [3.05, 3.63) is 96.3 Å². The monoisotopic (exact) mass is 1780 g/mol. The van der Waals surface area contributed by atoms with Crippen LogP contribution >= 0.6 is 34.4 Å². The molecule has 0 aromatic rings. The molecule has 5 unspecified atom stereocenters. The normalized spacial score (nSPS) is 34.7. The summed E-state index contributed by atoms with van der Waals surface area (Å²) in [5.41, 5.74) is 1.05. The molecule has 10 aliphatic rings. The lowest BCUT2D eigenvalue weighted by atomic mass is 9.82. The molecule has 34 heteroatoms. The van der Waals surface area contributed by atoms with Crippen molar-refractivity contribution in [1.82, 2.24) is 26.6 Å². The molecule has 10 rings (SSSR count). The van der Waals surface area contributed by atoms with Crippen LogP contribution in [-0.4, -0.2) is 355 Å². The average Bonchev–Trinajstić information content (AvgIpc) is 1.61. The van der Waals surface area contributed by atoms with Gasteiger partial charge >= 0.3 is 0 Å². The molecule has 0 spiro atoms. The highest BCUT2D eigenvalue weighted by atomic mass is 31.2. The zero-order valence-electron chi connectivity index (χ0n) is 72.3. The first-order valence-corrected chi connectivity index (χ1v) is 56.5. The number of carbonyl (C=O) groups excluding carboxylic acids is 9. The smallest absolute Gasteiger partial charge is 0.253 e. The molecule has 0 aromatic heterocycles. The van der Waals surface area contributed by atoms with Crippen LogP contribution in [0.25, 0.3) is 0 Å². The van der Waals surface area contributed by atoms with Crippen molar-refractivity contribution >= 4 is 119 Å². The number of hydrogen-bond acceptors (Lipinski definition) is 24. The number of ether oxygens (including phenoxy) is 5. The molecule has 5 saturated heterocycles. The molecule has 10 heterocycles. The van der Waals surface area contributed by atoms with Gasteiger partial charge < -0.3 is 80.1 Å². The van der Waals surface area contributed by atoms with Crippen LogP contribution in [-0.2, 0) is 66.8 Å². The fraction of sp³-hybridized carbons (Fsp3) is 0.651. The number of hydrogen-bond donors (Lipinski definition) is 15. The van der Waals surface area contributed by atoms with Gasteiger partial charge in [-0.2, -0.15) is 0 Å². The van der Waals surface area contributed by atoms with Crippen LogP contribution in [0, 0.1) is 29.6 Å². The van der Waals surface area contributed by atoms with E-state index in [1.807, 2.05) is 13.8 Å². The molecule has 0 aromatic carbocycles. The van der Waals surface area contributed by atoms with Gasteiger partial charge in [0.1, 0.15) is 91.1 Å². The number of amides is 9. The molecule has 10 aliphatic heterocycles. The summed E-state index contributed by atoms with van der Waals surface area (Å²) < 4.78 is 29.3. The number of aliphatic hydroxyl groups is 10. The van der Waals surface area contributed by atoms with Gasteiger partial charge in [0.05, 0.1) is 54.2 Å². The molecule has 0 aliphatic carbocycles. The lowest BCUT2D eigenvalue weighted by Gasteiger charge is -2.33. The van der Waals surface area contributed by atoms with E-state index in [-0.39, 0.29) is 23.6 Å². The first-order chi connectivity index (χ1) is 55.6. The minimum Gasteiger partial charge on any atom is -0.388 e. The molecule has 120 heavy (non-hydrogen) atoms. The third kappa shape index (κ3) is 29.2. The van der Waals surface area contributed by atoms with E-state index < -0.39 is 215 Å². The van der Waals surface area contributed by atoms with Gasteiger partial charge in [-0.1, -0.05) is 75.8 Å². The SMILES string of the molecule is C=C1NC(=O)C=CC1[C@@H]1O[C@H](CCP(=C)(C)C)[C@@H](O)[C@@]1(C)O.C=CCC1=CC([C@@H]2O[C@H](CCP(=C)(C)C)[C@@H](O)[C@H]2O)C(=O)NC1=O.C=CCCC1=CC([C@@H]2O[C@H](CCP(=C)(C)C)[C@@H](O)[C@H]2O)C(=O)NC1=O.C=P(C)(C)CC[C@H]1O[C@@H](C2C=C(CCC)C(=O)NC2=O)[C@H](O)[C@@H]1O.C=P(C)(C)CC[C@H]1O[C@@H](C2C=C(CCCC)C(=O)NC2=O)[C@H](O)[C@@H]1O. The van der Waals surface area contributed by atoms with E-state index in [0.29, 0.717) is 92.2 Å². The summed E-state index contributed by atoms with van der Waals surface area (Å²) in [6, 6.07) is 0. The van der Waals surface area contributed by atoms with Gasteiger partial charge in [-0.25, -0.2) is 0 Å². The van der Waals surface area contributed by atoms with Crippen LogP contribution < -0.4 is 26.6 Å². The van der Waals surface area contributed by atoms with E-state index in [1.54, 1.807) is 43.4 Å². The van der Waals surface area contributed by atoms with Crippen LogP contribution in [0.2, 0.25) is 0 Å². The van der Waals surface area contributed by atoms with E-state index in [0.717, 1.165) is 50.1 Å². The van der Waals surface area contributed by atoms with Crippen molar-refractivity contribution < 1.29 is 118 Å². The average molecular weight is 1780 g/mol. The Balaban J connectivity index is 0.000000233. The Bertz CT molecular complexity index is 4160.